The molecule has 1 aromatic heterocycles. The van der Waals surface area contributed by atoms with Crippen LogP contribution in [0.1, 0.15) is 30.1 Å². The Hall–Kier alpha value is -2.50. The van der Waals surface area contributed by atoms with Crippen molar-refractivity contribution in [2.24, 2.45) is 0 Å². The molecule has 0 fully saturated rings. The molecule has 2 aromatic rings. The fourth-order valence-corrected chi connectivity index (χ4v) is 1.74. The standard InChI is InChI=1S/C15H18N4O2/c1-3-4-9-16-14-17-13(18-15(19-14)21-2)12-7-5-11(10-20)6-8-12/h5-8,10H,3-4,9H2,1-2H3,(H,16,17,18,19). The average molecular weight is 286 g/mol. The van der Waals surface area contributed by atoms with E-state index in [1.54, 1.807) is 24.3 Å². The highest BCUT2D eigenvalue weighted by atomic mass is 16.5. The van der Waals surface area contributed by atoms with Crippen LogP contribution in [0.25, 0.3) is 11.4 Å². The molecule has 0 aliphatic heterocycles. The van der Waals surface area contributed by atoms with Gasteiger partial charge in [-0.1, -0.05) is 37.6 Å². The van der Waals surface area contributed by atoms with Gasteiger partial charge in [0.05, 0.1) is 7.11 Å². The zero-order valence-electron chi connectivity index (χ0n) is 12.2. The van der Waals surface area contributed by atoms with Crippen LogP contribution in [-0.4, -0.2) is 34.9 Å². The summed E-state index contributed by atoms with van der Waals surface area (Å²) in [7, 11) is 1.52. The summed E-state index contributed by atoms with van der Waals surface area (Å²) in [5.74, 6) is 1.00. The molecule has 0 bridgehead atoms. The Kier molecular flexibility index (Phi) is 5.20. The molecule has 110 valence electrons. The van der Waals surface area contributed by atoms with Crippen LogP contribution in [0.15, 0.2) is 24.3 Å². The molecular weight excluding hydrogens is 268 g/mol. The molecular formula is C15H18N4O2. The van der Waals surface area contributed by atoms with Gasteiger partial charge in [0.25, 0.3) is 0 Å². The van der Waals surface area contributed by atoms with E-state index in [0.29, 0.717) is 17.3 Å². The van der Waals surface area contributed by atoms with Crippen LogP contribution >= 0.6 is 0 Å². The third kappa shape index (κ3) is 3.98. The van der Waals surface area contributed by atoms with E-state index in [9.17, 15) is 4.79 Å². The lowest BCUT2D eigenvalue weighted by Gasteiger charge is -2.08. The van der Waals surface area contributed by atoms with E-state index in [-0.39, 0.29) is 6.01 Å². The van der Waals surface area contributed by atoms with Crippen LogP contribution in [0, 0.1) is 0 Å². The van der Waals surface area contributed by atoms with Gasteiger partial charge in [-0.2, -0.15) is 15.0 Å². The summed E-state index contributed by atoms with van der Waals surface area (Å²) < 4.78 is 5.11. The predicted octanol–water partition coefficient (Wildman–Crippen LogP) is 2.57. The first-order chi connectivity index (χ1) is 10.3. The van der Waals surface area contributed by atoms with Crippen LogP contribution in [0.2, 0.25) is 0 Å². The van der Waals surface area contributed by atoms with Crippen LogP contribution in [0.4, 0.5) is 5.95 Å². The van der Waals surface area contributed by atoms with E-state index in [4.69, 9.17) is 4.74 Å². The van der Waals surface area contributed by atoms with Crippen LogP contribution in [0.5, 0.6) is 6.01 Å². The molecule has 0 amide bonds. The van der Waals surface area contributed by atoms with Crippen molar-refractivity contribution in [2.45, 2.75) is 19.8 Å². The lowest BCUT2D eigenvalue weighted by molar-refractivity contribution is 0.112. The van der Waals surface area contributed by atoms with E-state index < -0.39 is 0 Å². The number of unbranched alkanes of at least 4 members (excludes halogenated alkanes) is 1. The second-order valence-corrected chi connectivity index (χ2v) is 4.49. The van der Waals surface area contributed by atoms with Gasteiger partial charge in [-0.3, -0.25) is 4.79 Å². The highest BCUT2D eigenvalue weighted by Crippen LogP contribution is 2.19. The molecule has 0 saturated carbocycles. The quantitative estimate of drug-likeness (QED) is 0.622. The normalized spacial score (nSPS) is 10.2. The van der Waals surface area contributed by atoms with Crippen molar-refractivity contribution in [1.29, 1.82) is 0 Å². The molecule has 1 heterocycles. The van der Waals surface area contributed by atoms with Crippen LogP contribution in [0.3, 0.4) is 0 Å². The predicted molar refractivity (Wildman–Crippen MR) is 80.6 cm³/mol. The second kappa shape index (κ2) is 7.33. The summed E-state index contributed by atoms with van der Waals surface area (Å²) in [6.07, 6.45) is 2.93. The Morgan fingerprint density at radius 1 is 1.19 bits per heavy atom. The van der Waals surface area contributed by atoms with Crippen molar-refractivity contribution in [3.05, 3.63) is 29.8 Å². The third-order valence-electron chi connectivity index (χ3n) is 2.92. The number of anilines is 1. The van der Waals surface area contributed by atoms with Gasteiger partial charge in [0.1, 0.15) is 6.29 Å². The van der Waals surface area contributed by atoms with Gasteiger partial charge >= 0.3 is 6.01 Å². The molecule has 21 heavy (non-hydrogen) atoms. The summed E-state index contributed by atoms with van der Waals surface area (Å²) >= 11 is 0. The first-order valence-corrected chi connectivity index (χ1v) is 6.86. The minimum Gasteiger partial charge on any atom is -0.467 e. The number of carbonyl (C=O) groups is 1. The smallest absolute Gasteiger partial charge is 0.321 e. The van der Waals surface area contributed by atoms with E-state index in [1.807, 2.05) is 0 Å². The number of benzene rings is 1. The lowest BCUT2D eigenvalue weighted by atomic mass is 10.1. The maximum atomic E-state index is 10.7. The van der Waals surface area contributed by atoms with Gasteiger partial charge in [-0.05, 0) is 6.42 Å². The van der Waals surface area contributed by atoms with Crippen molar-refractivity contribution in [1.82, 2.24) is 15.0 Å². The van der Waals surface area contributed by atoms with Crippen molar-refractivity contribution in [3.63, 3.8) is 0 Å². The Balaban J connectivity index is 2.28. The molecule has 0 saturated heterocycles. The second-order valence-electron chi connectivity index (χ2n) is 4.49. The highest BCUT2D eigenvalue weighted by molar-refractivity contribution is 5.76. The van der Waals surface area contributed by atoms with Crippen molar-refractivity contribution in [2.75, 3.05) is 19.0 Å². The Morgan fingerprint density at radius 2 is 1.95 bits per heavy atom. The number of hydrogen-bond donors (Lipinski definition) is 1. The van der Waals surface area contributed by atoms with E-state index in [1.165, 1.54) is 7.11 Å². The summed E-state index contributed by atoms with van der Waals surface area (Å²) in [5, 5.41) is 3.15. The molecule has 0 aliphatic rings. The zero-order valence-corrected chi connectivity index (χ0v) is 12.2. The van der Waals surface area contributed by atoms with Crippen molar-refractivity contribution in [3.8, 4) is 17.4 Å². The number of nitrogens with one attached hydrogen (secondary N) is 1. The molecule has 2 rings (SSSR count). The summed E-state index contributed by atoms with van der Waals surface area (Å²) in [5.41, 5.74) is 1.42. The van der Waals surface area contributed by atoms with Gasteiger partial charge in [0.2, 0.25) is 5.95 Å². The van der Waals surface area contributed by atoms with Gasteiger partial charge < -0.3 is 10.1 Å². The van der Waals surface area contributed by atoms with E-state index >= 15 is 0 Å². The van der Waals surface area contributed by atoms with Gasteiger partial charge in [-0.25, -0.2) is 0 Å². The Bertz CT molecular complexity index is 599. The maximum absolute atomic E-state index is 10.7. The average Bonchev–Trinajstić information content (AvgIpc) is 2.55. The third-order valence-corrected chi connectivity index (χ3v) is 2.92. The van der Waals surface area contributed by atoms with Crippen LogP contribution in [-0.2, 0) is 0 Å². The molecule has 0 radical (unpaired) electrons. The summed E-state index contributed by atoms with van der Waals surface area (Å²) in [6.45, 7) is 2.92. The lowest BCUT2D eigenvalue weighted by Crippen LogP contribution is -2.08. The van der Waals surface area contributed by atoms with Gasteiger partial charge in [-0.15, -0.1) is 0 Å². The number of methoxy groups -OCH3 is 1. The number of aldehydes is 1. The van der Waals surface area contributed by atoms with Gasteiger partial charge in [0, 0.05) is 17.7 Å². The summed E-state index contributed by atoms with van der Waals surface area (Å²) in [4.78, 5) is 23.5. The molecule has 6 heteroatoms. The van der Waals surface area contributed by atoms with Gasteiger partial charge in [0.15, 0.2) is 5.82 Å². The molecule has 0 atom stereocenters. The topological polar surface area (TPSA) is 77.0 Å². The monoisotopic (exact) mass is 286 g/mol. The molecule has 0 unspecified atom stereocenters. The number of carbonyl (C=O) groups excluding carboxylic acids is 1. The summed E-state index contributed by atoms with van der Waals surface area (Å²) in [6, 6.07) is 7.31. The van der Waals surface area contributed by atoms with Crippen LogP contribution < -0.4 is 10.1 Å². The van der Waals surface area contributed by atoms with Crippen molar-refractivity contribution >= 4 is 12.2 Å². The van der Waals surface area contributed by atoms with Crippen molar-refractivity contribution < 1.29 is 9.53 Å². The Morgan fingerprint density at radius 3 is 2.57 bits per heavy atom. The zero-order chi connectivity index (χ0) is 15.1. The molecule has 0 aliphatic carbocycles. The highest BCUT2D eigenvalue weighted by Gasteiger charge is 2.08. The molecule has 0 spiro atoms. The first kappa shape index (κ1) is 14.9. The van der Waals surface area contributed by atoms with E-state index in [0.717, 1.165) is 31.2 Å². The maximum Gasteiger partial charge on any atom is 0.321 e. The fraction of sp³-hybridized carbons (Fsp3) is 0.333. The SMILES string of the molecule is CCCCNc1nc(OC)nc(-c2ccc(C=O)cc2)n1. The molecule has 1 N–H and O–H groups in total. The minimum absolute atomic E-state index is 0.262. The van der Waals surface area contributed by atoms with E-state index in [2.05, 4.69) is 27.2 Å². The number of ether oxygens (including phenoxy) is 1. The minimum atomic E-state index is 0.262. The molecule has 6 nitrogen and oxygen atoms in total. The number of aromatic nitrogens is 3. The largest absolute Gasteiger partial charge is 0.467 e. The fourth-order valence-electron chi connectivity index (χ4n) is 1.74. The number of hydrogen-bond acceptors (Lipinski definition) is 6. The first-order valence-electron chi connectivity index (χ1n) is 6.86. The number of nitrogens with zero attached hydrogens (tertiary/aromatic N) is 3. The number of rotatable bonds is 7. The molecule has 1 aromatic carbocycles. The Labute approximate surface area is 123 Å².